The average Bonchev–Trinajstić information content (AvgIpc) is 3.26. The average molecular weight is 356 g/mol. The highest BCUT2D eigenvalue weighted by molar-refractivity contribution is 7.14. The summed E-state index contributed by atoms with van der Waals surface area (Å²) in [5.74, 6) is 0.411. The van der Waals surface area contributed by atoms with Gasteiger partial charge < -0.3 is 9.73 Å². The topological polar surface area (TPSA) is 90.0 Å². The summed E-state index contributed by atoms with van der Waals surface area (Å²) in [6.07, 6.45) is 3.52. The molecule has 8 heteroatoms. The minimum Gasteiger partial charge on any atom is -0.463 e. The third-order valence-corrected chi connectivity index (χ3v) is 5.09. The number of aryl methyl sites for hydroxylation is 2. The van der Waals surface area contributed by atoms with Crippen molar-refractivity contribution in [1.29, 1.82) is 0 Å². The van der Waals surface area contributed by atoms with Crippen molar-refractivity contribution in [3.05, 3.63) is 51.5 Å². The second kappa shape index (κ2) is 6.29. The van der Waals surface area contributed by atoms with E-state index in [2.05, 4.69) is 15.4 Å². The smallest absolute Gasteiger partial charge is 0.266 e. The van der Waals surface area contributed by atoms with Gasteiger partial charge in [0.05, 0.1) is 12.0 Å². The molecule has 1 aliphatic rings. The van der Waals surface area contributed by atoms with E-state index in [0.29, 0.717) is 35.8 Å². The SMILES string of the molecule is Cn1nc2c(cc1=O)CC(C(=O)Nc1nc(-c3ccco3)cs1)CC2. The lowest BCUT2D eigenvalue weighted by atomic mass is 9.86. The molecule has 0 aliphatic heterocycles. The van der Waals surface area contributed by atoms with Gasteiger partial charge in [-0.2, -0.15) is 5.10 Å². The van der Waals surface area contributed by atoms with E-state index in [1.807, 2.05) is 11.4 Å². The minimum atomic E-state index is -0.183. The van der Waals surface area contributed by atoms with Crippen LogP contribution in [0.4, 0.5) is 5.13 Å². The highest BCUT2D eigenvalue weighted by atomic mass is 32.1. The molecular formula is C17H16N4O3S. The van der Waals surface area contributed by atoms with Crippen LogP contribution in [0.25, 0.3) is 11.5 Å². The number of carbonyl (C=O) groups excluding carboxylic acids is 1. The number of amides is 1. The second-order valence-corrected chi connectivity index (χ2v) is 6.88. The zero-order valence-corrected chi connectivity index (χ0v) is 14.4. The first-order chi connectivity index (χ1) is 12.1. The molecule has 1 unspecified atom stereocenters. The molecule has 3 heterocycles. The Morgan fingerprint density at radius 2 is 2.36 bits per heavy atom. The molecule has 0 fully saturated rings. The van der Waals surface area contributed by atoms with Gasteiger partial charge in [-0.15, -0.1) is 11.3 Å². The first kappa shape index (κ1) is 15.8. The molecule has 0 saturated heterocycles. The van der Waals surface area contributed by atoms with Crippen molar-refractivity contribution in [3.63, 3.8) is 0 Å². The lowest BCUT2D eigenvalue weighted by Gasteiger charge is -2.22. The van der Waals surface area contributed by atoms with Crippen LogP contribution in [0.15, 0.2) is 39.1 Å². The quantitative estimate of drug-likeness (QED) is 0.777. The molecular weight excluding hydrogens is 340 g/mol. The van der Waals surface area contributed by atoms with Crippen LogP contribution in [0.5, 0.6) is 0 Å². The Morgan fingerprint density at radius 1 is 1.48 bits per heavy atom. The largest absolute Gasteiger partial charge is 0.463 e. The zero-order chi connectivity index (χ0) is 17.4. The Hall–Kier alpha value is -2.74. The molecule has 25 heavy (non-hydrogen) atoms. The molecule has 1 N–H and O–H groups in total. The van der Waals surface area contributed by atoms with Gasteiger partial charge in [-0.3, -0.25) is 9.59 Å². The third-order valence-electron chi connectivity index (χ3n) is 4.33. The normalized spacial score (nSPS) is 16.4. The summed E-state index contributed by atoms with van der Waals surface area (Å²) in [6, 6.07) is 5.21. The van der Waals surface area contributed by atoms with Crippen LogP contribution < -0.4 is 10.9 Å². The molecule has 0 aromatic carbocycles. The van der Waals surface area contributed by atoms with E-state index in [0.717, 1.165) is 11.3 Å². The maximum absolute atomic E-state index is 12.6. The lowest BCUT2D eigenvalue weighted by Crippen LogP contribution is -2.31. The van der Waals surface area contributed by atoms with Gasteiger partial charge in [0, 0.05) is 24.4 Å². The van der Waals surface area contributed by atoms with E-state index < -0.39 is 0 Å². The third kappa shape index (κ3) is 3.12. The Bertz CT molecular complexity index is 974. The van der Waals surface area contributed by atoms with Gasteiger partial charge in [0.2, 0.25) is 5.91 Å². The van der Waals surface area contributed by atoms with Gasteiger partial charge >= 0.3 is 0 Å². The predicted octanol–water partition coefficient (Wildman–Crippen LogP) is 2.24. The van der Waals surface area contributed by atoms with Crippen LogP contribution in [0.1, 0.15) is 17.7 Å². The van der Waals surface area contributed by atoms with E-state index in [1.54, 1.807) is 25.4 Å². The van der Waals surface area contributed by atoms with Gasteiger partial charge in [-0.25, -0.2) is 9.67 Å². The van der Waals surface area contributed by atoms with Crippen molar-refractivity contribution in [3.8, 4) is 11.5 Å². The van der Waals surface area contributed by atoms with Crippen molar-refractivity contribution < 1.29 is 9.21 Å². The Morgan fingerprint density at radius 3 is 3.16 bits per heavy atom. The second-order valence-electron chi connectivity index (χ2n) is 6.02. The van der Waals surface area contributed by atoms with Crippen molar-refractivity contribution in [1.82, 2.24) is 14.8 Å². The zero-order valence-electron chi connectivity index (χ0n) is 13.6. The van der Waals surface area contributed by atoms with Crippen LogP contribution in [-0.2, 0) is 24.7 Å². The maximum Gasteiger partial charge on any atom is 0.266 e. The molecule has 3 aromatic heterocycles. The number of furan rings is 1. The number of aromatic nitrogens is 3. The number of thiazole rings is 1. The molecule has 0 spiro atoms. The first-order valence-corrected chi connectivity index (χ1v) is 8.84. The number of nitrogens with one attached hydrogen (secondary N) is 1. The molecule has 1 aliphatic carbocycles. The van der Waals surface area contributed by atoms with Gasteiger partial charge in [-0.1, -0.05) is 0 Å². The minimum absolute atomic E-state index is 0.0772. The van der Waals surface area contributed by atoms with Crippen LogP contribution in [-0.4, -0.2) is 20.7 Å². The Labute approximate surface area is 147 Å². The standard InChI is InChI=1S/C17H16N4O3S/c1-21-15(22)8-11-7-10(4-5-12(11)20-21)16(23)19-17-18-13(9-25-17)14-3-2-6-24-14/h2-3,6,8-10H,4-5,7H2,1H3,(H,18,19,23). The Kier molecular flexibility index (Phi) is 3.96. The summed E-state index contributed by atoms with van der Waals surface area (Å²) in [7, 11) is 1.64. The number of hydrogen-bond donors (Lipinski definition) is 1. The fourth-order valence-corrected chi connectivity index (χ4v) is 3.69. The van der Waals surface area contributed by atoms with Crippen LogP contribution >= 0.6 is 11.3 Å². The number of carbonyl (C=O) groups is 1. The number of nitrogens with zero attached hydrogens (tertiary/aromatic N) is 3. The van der Waals surface area contributed by atoms with Gasteiger partial charge in [0.15, 0.2) is 10.9 Å². The molecule has 7 nitrogen and oxygen atoms in total. The van der Waals surface area contributed by atoms with Crippen molar-refractivity contribution >= 4 is 22.4 Å². The van der Waals surface area contributed by atoms with Crippen molar-refractivity contribution in [2.24, 2.45) is 13.0 Å². The molecule has 0 radical (unpaired) electrons. The van der Waals surface area contributed by atoms with Gasteiger partial charge in [0.1, 0.15) is 5.69 Å². The van der Waals surface area contributed by atoms with Crippen molar-refractivity contribution in [2.75, 3.05) is 5.32 Å². The van der Waals surface area contributed by atoms with E-state index in [-0.39, 0.29) is 17.4 Å². The predicted molar refractivity (Wildman–Crippen MR) is 93.4 cm³/mol. The van der Waals surface area contributed by atoms with E-state index >= 15 is 0 Å². The number of anilines is 1. The monoisotopic (exact) mass is 356 g/mol. The summed E-state index contributed by atoms with van der Waals surface area (Å²) in [5.41, 5.74) is 2.32. The summed E-state index contributed by atoms with van der Waals surface area (Å²) < 4.78 is 6.65. The van der Waals surface area contributed by atoms with Gasteiger partial charge in [0.25, 0.3) is 5.56 Å². The fourth-order valence-electron chi connectivity index (χ4n) is 2.99. The van der Waals surface area contributed by atoms with Crippen molar-refractivity contribution in [2.45, 2.75) is 19.3 Å². The summed E-state index contributed by atoms with van der Waals surface area (Å²) >= 11 is 1.36. The van der Waals surface area contributed by atoms with E-state index in [9.17, 15) is 9.59 Å². The molecule has 0 bridgehead atoms. The number of hydrogen-bond acceptors (Lipinski definition) is 6. The highest BCUT2D eigenvalue weighted by Gasteiger charge is 2.27. The van der Waals surface area contributed by atoms with Gasteiger partial charge in [-0.05, 0) is 37.0 Å². The van der Waals surface area contributed by atoms with Crippen LogP contribution in [0.3, 0.4) is 0 Å². The van der Waals surface area contributed by atoms with Crippen LogP contribution in [0.2, 0.25) is 0 Å². The maximum atomic E-state index is 12.6. The molecule has 3 aromatic rings. The Balaban J connectivity index is 1.47. The molecule has 4 rings (SSSR count). The first-order valence-electron chi connectivity index (χ1n) is 7.96. The number of rotatable bonds is 3. The molecule has 128 valence electrons. The summed E-state index contributed by atoms with van der Waals surface area (Å²) in [6.45, 7) is 0. The van der Waals surface area contributed by atoms with E-state index in [4.69, 9.17) is 4.42 Å². The molecule has 0 saturated carbocycles. The van der Waals surface area contributed by atoms with Crippen LogP contribution in [0, 0.1) is 5.92 Å². The fraction of sp³-hybridized carbons (Fsp3) is 0.294. The molecule has 1 amide bonds. The molecule has 1 atom stereocenters. The van der Waals surface area contributed by atoms with E-state index in [1.165, 1.54) is 16.0 Å². The summed E-state index contributed by atoms with van der Waals surface area (Å²) in [5, 5.41) is 9.54. The number of fused-ring (bicyclic) bond motifs is 1. The highest BCUT2D eigenvalue weighted by Crippen LogP contribution is 2.27. The summed E-state index contributed by atoms with van der Waals surface area (Å²) in [4.78, 5) is 28.7. The lowest BCUT2D eigenvalue weighted by molar-refractivity contribution is -0.120.